The van der Waals surface area contributed by atoms with Gasteiger partial charge < -0.3 is 5.32 Å². The Morgan fingerprint density at radius 2 is 1.48 bits per heavy atom. The normalized spacial score (nSPS) is 13.4. The van der Waals surface area contributed by atoms with Gasteiger partial charge in [0.25, 0.3) is 0 Å². The summed E-state index contributed by atoms with van der Waals surface area (Å²) in [6.07, 6.45) is 1.12. The van der Waals surface area contributed by atoms with Crippen molar-refractivity contribution in [1.82, 2.24) is 5.32 Å². The maximum Gasteiger partial charge on any atom is 0.243 e. The zero-order chi connectivity index (χ0) is 17.8. The third-order valence-corrected chi connectivity index (χ3v) is 5.09. The van der Waals surface area contributed by atoms with Gasteiger partial charge in [0.1, 0.15) is 6.04 Å². The van der Waals surface area contributed by atoms with Crippen molar-refractivity contribution < 1.29 is 13.2 Å². The molecule has 0 aliphatic carbocycles. The summed E-state index contributed by atoms with van der Waals surface area (Å²) in [5.41, 5.74) is 0.489. The fraction of sp³-hybridized carbons (Fsp3) is 0.588. The lowest BCUT2D eigenvalue weighted by Crippen LogP contribution is -2.52. The number of benzene rings is 1. The third kappa shape index (κ3) is 5.23. The number of nitrogens with one attached hydrogen (secondary N) is 1. The van der Waals surface area contributed by atoms with Crippen LogP contribution in [-0.2, 0) is 14.8 Å². The van der Waals surface area contributed by atoms with Gasteiger partial charge in [-0.05, 0) is 30.9 Å². The van der Waals surface area contributed by atoms with E-state index in [2.05, 4.69) is 5.32 Å². The molecular formula is C17H28N2O3S. The minimum absolute atomic E-state index is 0.00198. The van der Waals surface area contributed by atoms with E-state index in [-0.39, 0.29) is 23.8 Å². The average Bonchev–Trinajstić information content (AvgIpc) is 2.43. The highest BCUT2D eigenvalue weighted by atomic mass is 32.2. The Morgan fingerprint density at radius 3 is 1.87 bits per heavy atom. The number of para-hydroxylation sites is 1. The summed E-state index contributed by atoms with van der Waals surface area (Å²) < 4.78 is 25.5. The van der Waals surface area contributed by atoms with E-state index < -0.39 is 16.1 Å². The van der Waals surface area contributed by atoms with Crippen molar-refractivity contribution in [2.75, 3.05) is 10.6 Å². The first-order valence-electron chi connectivity index (χ1n) is 7.90. The lowest BCUT2D eigenvalue weighted by Gasteiger charge is -2.32. The fourth-order valence-electron chi connectivity index (χ4n) is 2.77. The van der Waals surface area contributed by atoms with Gasteiger partial charge in [-0.15, -0.1) is 0 Å². The van der Waals surface area contributed by atoms with E-state index in [0.717, 1.165) is 6.26 Å². The Hall–Kier alpha value is -1.56. The van der Waals surface area contributed by atoms with Crippen molar-refractivity contribution in [2.24, 2.45) is 11.8 Å². The highest BCUT2D eigenvalue weighted by Gasteiger charge is 2.31. The van der Waals surface area contributed by atoms with Crippen molar-refractivity contribution in [3.8, 4) is 0 Å². The van der Waals surface area contributed by atoms with Gasteiger partial charge in [-0.3, -0.25) is 9.10 Å². The van der Waals surface area contributed by atoms with Gasteiger partial charge in [0.2, 0.25) is 15.9 Å². The van der Waals surface area contributed by atoms with Crippen molar-refractivity contribution in [3.63, 3.8) is 0 Å². The maximum atomic E-state index is 12.6. The molecule has 0 heterocycles. The Labute approximate surface area is 140 Å². The number of hydrogen-bond donors (Lipinski definition) is 1. The van der Waals surface area contributed by atoms with Gasteiger partial charge in [0.15, 0.2) is 0 Å². The van der Waals surface area contributed by atoms with Gasteiger partial charge in [-0.1, -0.05) is 45.9 Å². The number of amides is 1. The van der Waals surface area contributed by atoms with E-state index in [9.17, 15) is 13.2 Å². The number of carbonyl (C=O) groups is 1. The molecule has 0 fully saturated rings. The zero-order valence-electron chi connectivity index (χ0n) is 14.8. The van der Waals surface area contributed by atoms with E-state index in [1.807, 2.05) is 33.8 Å². The minimum Gasteiger partial charge on any atom is -0.351 e. The summed E-state index contributed by atoms with van der Waals surface area (Å²) in [7, 11) is -3.57. The molecule has 1 rings (SSSR count). The van der Waals surface area contributed by atoms with Crippen molar-refractivity contribution >= 4 is 21.6 Å². The maximum absolute atomic E-state index is 12.6. The third-order valence-electron chi connectivity index (χ3n) is 3.84. The summed E-state index contributed by atoms with van der Waals surface area (Å²) in [6, 6.07) is 7.88. The average molecular weight is 340 g/mol. The number of nitrogens with zero attached hydrogens (tertiary/aromatic N) is 1. The van der Waals surface area contributed by atoms with Crippen LogP contribution in [0.2, 0.25) is 0 Å². The van der Waals surface area contributed by atoms with Crippen LogP contribution in [-0.4, -0.2) is 32.7 Å². The fourth-order valence-corrected chi connectivity index (χ4v) is 3.95. The molecule has 0 saturated carbocycles. The van der Waals surface area contributed by atoms with Crippen LogP contribution in [0.25, 0.3) is 0 Å². The molecule has 0 saturated heterocycles. The quantitative estimate of drug-likeness (QED) is 0.830. The Kier molecular flexibility index (Phi) is 6.62. The molecule has 0 radical (unpaired) electrons. The van der Waals surface area contributed by atoms with Gasteiger partial charge in [-0.2, -0.15) is 0 Å². The van der Waals surface area contributed by atoms with Gasteiger partial charge >= 0.3 is 0 Å². The van der Waals surface area contributed by atoms with E-state index in [1.165, 1.54) is 4.31 Å². The molecule has 1 aromatic carbocycles. The van der Waals surface area contributed by atoms with Crippen molar-refractivity contribution in [1.29, 1.82) is 0 Å². The van der Waals surface area contributed by atoms with Crippen LogP contribution in [0.5, 0.6) is 0 Å². The van der Waals surface area contributed by atoms with Crippen LogP contribution in [0.3, 0.4) is 0 Å². The molecule has 0 bridgehead atoms. The van der Waals surface area contributed by atoms with Crippen LogP contribution < -0.4 is 9.62 Å². The molecule has 5 nitrogen and oxygen atoms in total. The number of rotatable bonds is 7. The predicted octanol–water partition coefficient (Wildman–Crippen LogP) is 2.64. The summed E-state index contributed by atoms with van der Waals surface area (Å²) in [5, 5.41) is 2.99. The second kappa shape index (κ2) is 7.81. The molecule has 0 spiro atoms. The standard InChI is InChI=1S/C17H28N2O3S/c1-12(2)16(13(3)4)18-17(20)14(5)19(23(6,21)22)15-10-8-7-9-11-15/h7-14,16H,1-6H3,(H,18,20)/t14-/m1/s1. The molecule has 0 aromatic heterocycles. The predicted molar refractivity (Wildman–Crippen MR) is 94.8 cm³/mol. The molecule has 6 heteroatoms. The summed E-state index contributed by atoms with van der Waals surface area (Å²) in [4.78, 5) is 12.6. The lowest BCUT2D eigenvalue weighted by atomic mass is 9.93. The van der Waals surface area contributed by atoms with Crippen molar-refractivity contribution in [2.45, 2.75) is 46.7 Å². The van der Waals surface area contributed by atoms with Crippen LogP contribution >= 0.6 is 0 Å². The van der Waals surface area contributed by atoms with Crippen LogP contribution in [0.1, 0.15) is 34.6 Å². The number of carbonyl (C=O) groups excluding carboxylic acids is 1. The largest absolute Gasteiger partial charge is 0.351 e. The molecule has 0 aliphatic heterocycles. The highest BCUT2D eigenvalue weighted by molar-refractivity contribution is 7.92. The molecule has 23 heavy (non-hydrogen) atoms. The molecule has 0 aliphatic rings. The van der Waals surface area contributed by atoms with E-state index in [1.54, 1.807) is 31.2 Å². The minimum atomic E-state index is -3.57. The molecule has 0 unspecified atom stereocenters. The monoisotopic (exact) mass is 340 g/mol. The molecule has 1 N–H and O–H groups in total. The van der Waals surface area contributed by atoms with E-state index in [0.29, 0.717) is 5.69 Å². The van der Waals surface area contributed by atoms with Crippen LogP contribution in [0.15, 0.2) is 30.3 Å². The number of anilines is 1. The first kappa shape index (κ1) is 19.5. The van der Waals surface area contributed by atoms with Crippen molar-refractivity contribution in [3.05, 3.63) is 30.3 Å². The SMILES string of the molecule is CC(C)C(NC(=O)[C@@H](C)N(c1ccccc1)S(C)(=O)=O)C(C)C. The first-order chi connectivity index (χ1) is 10.6. The molecule has 1 aromatic rings. The van der Waals surface area contributed by atoms with E-state index >= 15 is 0 Å². The highest BCUT2D eigenvalue weighted by Crippen LogP contribution is 2.21. The topological polar surface area (TPSA) is 66.5 Å². The van der Waals surface area contributed by atoms with Gasteiger partial charge in [0, 0.05) is 6.04 Å². The summed E-state index contributed by atoms with van der Waals surface area (Å²) in [5.74, 6) is 0.260. The van der Waals surface area contributed by atoms with Crippen LogP contribution in [0.4, 0.5) is 5.69 Å². The number of hydrogen-bond acceptors (Lipinski definition) is 3. The number of sulfonamides is 1. The van der Waals surface area contributed by atoms with Gasteiger partial charge in [-0.25, -0.2) is 8.42 Å². The second-order valence-electron chi connectivity index (χ2n) is 6.59. The summed E-state index contributed by atoms with van der Waals surface area (Å²) in [6.45, 7) is 9.78. The molecule has 1 atom stereocenters. The Bertz CT molecular complexity index is 604. The first-order valence-corrected chi connectivity index (χ1v) is 9.75. The molecule has 1 amide bonds. The molecule has 130 valence electrons. The zero-order valence-corrected chi connectivity index (χ0v) is 15.6. The lowest BCUT2D eigenvalue weighted by molar-refractivity contribution is -0.123. The van der Waals surface area contributed by atoms with Gasteiger partial charge in [0.05, 0.1) is 11.9 Å². The second-order valence-corrected chi connectivity index (χ2v) is 8.45. The van der Waals surface area contributed by atoms with E-state index in [4.69, 9.17) is 0 Å². The Morgan fingerprint density at radius 1 is 1.00 bits per heavy atom. The smallest absolute Gasteiger partial charge is 0.243 e. The van der Waals surface area contributed by atoms with Crippen LogP contribution in [0, 0.1) is 11.8 Å². The summed E-state index contributed by atoms with van der Waals surface area (Å²) >= 11 is 0. The Balaban J connectivity index is 3.07. The molecular weight excluding hydrogens is 312 g/mol.